The molecule has 19 heavy (non-hydrogen) atoms. The van der Waals surface area contributed by atoms with Gasteiger partial charge in [0.1, 0.15) is 8.07 Å². The van der Waals surface area contributed by atoms with Crippen molar-refractivity contribution in [2.75, 3.05) is 0 Å². The van der Waals surface area contributed by atoms with Crippen molar-refractivity contribution in [3.63, 3.8) is 0 Å². The predicted octanol–water partition coefficient (Wildman–Crippen LogP) is 4.14. The van der Waals surface area contributed by atoms with Crippen LogP contribution in [0.2, 0.25) is 19.6 Å². The molecular weight excluding hydrogens is 248 g/mol. The van der Waals surface area contributed by atoms with E-state index in [9.17, 15) is 5.11 Å². The van der Waals surface area contributed by atoms with E-state index in [2.05, 4.69) is 49.3 Å². The van der Waals surface area contributed by atoms with Gasteiger partial charge in [-0.15, -0.1) is 11.5 Å². The summed E-state index contributed by atoms with van der Waals surface area (Å²) in [4.78, 5) is 0. The normalized spacial score (nSPS) is 12.8. The minimum absolute atomic E-state index is 0.505. The third kappa shape index (κ3) is 3.70. The van der Waals surface area contributed by atoms with Crippen molar-refractivity contribution < 1.29 is 5.11 Å². The van der Waals surface area contributed by atoms with Crippen molar-refractivity contribution in [1.82, 2.24) is 0 Å². The first kappa shape index (κ1) is 13.9. The molecule has 2 aromatic carbocycles. The average molecular weight is 268 g/mol. The van der Waals surface area contributed by atoms with Gasteiger partial charge in [-0.1, -0.05) is 62.1 Å². The van der Waals surface area contributed by atoms with Crippen molar-refractivity contribution in [3.05, 3.63) is 48.0 Å². The first-order valence-electron chi connectivity index (χ1n) is 6.63. The predicted molar refractivity (Wildman–Crippen MR) is 84.6 cm³/mol. The molecule has 0 heterocycles. The summed E-state index contributed by atoms with van der Waals surface area (Å²) < 4.78 is 0. The molecule has 0 bridgehead atoms. The molecule has 98 valence electrons. The highest BCUT2D eigenvalue weighted by Crippen LogP contribution is 2.25. The maximum Gasteiger partial charge on any atom is 0.129 e. The summed E-state index contributed by atoms with van der Waals surface area (Å²) in [6.07, 6.45) is 0.00750. The quantitative estimate of drug-likeness (QED) is 0.641. The van der Waals surface area contributed by atoms with Gasteiger partial charge in [0, 0.05) is 6.42 Å². The van der Waals surface area contributed by atoms with Gasteiger partial charge >= 0.3 is 0 Å². The SMILES string of the molecule is C[Si](C)(C)C#CCC(O)c1cccc2ccccc12. The molecule has 0 spiro atoms. The minimum Gasteiger partial charge on any atom is -0.387 e. The van der Waals surface area contributed by atoms with Gasteiger partial charge in [0.2, 0.25) is 0 Å². The van der Waals surface area contributed by atoms with E-state index in [-0.39, 0.29) is 0 Å². The molecule has 1 nitrogen and oxygen atoms in total. The van der Waals surface area contributed by atoms with Crippen LogP contribution < -0.4 is 0 Å². The zero-order valence-electron chi connectivity index (χ0n) is 11.8. The summed E-state index contributed by atoms with van der Waals surface area (Å²) in [5.74, 6) is 3.15. The first-order chi connectivity index (χ1) is 8.97. The molecule has 2 rings (SSSR count). The molecule has 0 saturated heterocycles. The van der Waals surface area contributed by atoms with Crippen molar-refractivity contribution in [2.24, 2.45) is 0 Å². The largest absolute Gasteiger partial charge is 0.387 e. The zero-order chi connectivity index (χ0) is 13.9. The van der Waals surface area contributed by atoms with Gasteiger partial charge in [-0.2, -0.15) is 0 Å². The van der Waals surface area contributed by atoms with Crippen LogP contribution in [0, 0.1) is 11.5 Å². The fourth-order valence-electron chi connectivity index (χ4n) is 2.06. The number of aliphatic hydroxyl groups excluding tert-OH is 1. The molecule has 1 atom stereocenters. The monoisotopic (exact) mass is 268 g/mol. The lowest BCUT2D eigenvalue weighted by atomic mass is 9.99. The maximum absolute atomic E-state index is 10.3. The van der Waals surface area contributed by atoms with Crippen molar-refractivity contribution in [1.29, 1.82) is 0 Å². The maximum atomic E-state index is 10.3. The Morgan fingerprint density at radius 1 is 1.05 bits per heavy atom. The molecule has 0 amide bonds. The highest BCUT2D eigenvalue weighted by molar-refractivity contribution is 6.83. The van der Waals surface area contributed by atoms with Gasteiger partial charge in [0.15, 0.2) is 0 Å². The van der Waals surface area contributed by atoms with E-state index in [1.807, 2.05) is 24.3 Å². The van der Waals surface area contributed by atoms with Crippen molar-refractivity contribution in [2.45, 2.75) is 32.2 Å². The van der Waals surface area contributed by atoms with E-state index < -0.39 is 14.2 Å². The van der Waals surface area contributed by atoms with Crippen LogP contribution in [-0.2, 0) is 0 Å². The Bertz CT molecular complexity index is 623. The number of aliphatic hydroxyl groups is 1. The third-order valence-corrected chi connectivity index (χ3v) is 3.87. The van der Waals surface area contributed by atoms with Crippen LogP contribution in [0.25, 0.3) is 10.8 Å². The highest BCUT2D eigenvalue weighted by atomic mass is 28.3. The van der Waals surface area contributed by atoms with Crippen molar-refractivity contribution >= 4 is 18.8 Å². The number of fused-ring (bicyclic) bond motifs is 1. The molecule has 0 aliphatic carbocycles. The van der Waals surface area contributed by atoms with Crippen LogP contribution >= 0.6 is 0 Å². The number of rotatable bonds is 2. The molecule has 0 aromatic heterocycles. The van der Waals surface area contributed by atoms with E-state index >= 15 is 0 Å². The second-order valence-electron chi connectivity index (χ2n) is 5.84. The van der Waals surface area contributed by atoms with E-state index in [0.29, 0.717) is 6.42 Å². The van der Waals surface area contributed by atoms with E-state index in [4.69, 9.17) is 0 Å². The lowest BCUT2D eigenvalue weighted by Crippen LogP contribution is -2.16. The molecule has 0 aliphatic heterocycles. The van der Waals surface area contributed by atoms with Crippen LogP contribution in [0.4, 0.5) is 0 Å². The molecule has 0 aliphatic rings. The molecule has 0 saturated carbocycles. The van der Waals surface area contributed by atoms with Crippen LogP contribution in [0.1, 0.15) is 18.1 Å². The summed E-state index contributed by atoms with van der Waals surface area (Å²) in [6.45, 7) is 6.64. The minimum atomic E-state index is -1.35. The van der Waals surface area contributed by atoms with Crippen LogP contribution in [0.15, 0.2) is 42.5 Å². The summed E-state index contributed by atoms with van der Waals surface area (Å²) in [5.41, 5.74) is 4.27. The Morgan fingerprint density at radius 2 is 1.74 bits per heavy atom. The average Bonchev–Trinajstić information content (AvgIpc) is 2.36. The summed E-state index contributed by atoms with van der Waals surface area (Å²) in [6, 6.07) is 14.2. The van der Waals surface area contributed by atoms with Gasteiger partial charge in [-0.05, 0) is 16.3 Å². The third-order valence-electron chi connectivity index (χ3n) is 2.94. The number of benzene rings is 2. The van der Waals surface area contributed by atoms with Gasteiger partial charge in [-0.3, -0.25) is 0 Å². The Hall–Kier alpha value is -1.56. The van der Waals surface area contributed by atoms with Crippen LogP contribution in [0.5, 0.6) is 0 Å². The molecule has 1 unspecified atom stereocenters. The smallest absolute Gasteiger partial charge is 0.129 e. The molecule has 0 fully saturated rings. The summed E-state index contributed by atoms with van der Waals surface area (Å²) in [5, 5.41) is 12.6. The van der Waals surface area contributed by atoms with Crippen molar-refractivity contribution in [3.8, 4) is 11.5 Å². The molecular formula is C17H20OSi. The topological polar surface area (TPSA) is 20.2 Å². The fraction of sp³-hybridized carbons (Fsp3) is 0.294. The standard InChI is InChI=1S/C17H20OSi/c1-19(2,3)13-7-12-17(18)16-11-6-9-14-8-4-5-10-15(14)16/h4-6,8-11,17-18H,12H2,1-3H3. The second-order valence-corrected chi connectivity index (χ2v) is 10.6. The summed E-state index contributed by atoms with van der Waals surface area (Å²) in [7, 11) is -1.35. The Kier molecular flexibility index (Phi) is 4.09. The summed E-state index contributed by atoms with van der Waals surface area (Å²) >= 11 is 0. The second kappa shape index (κ2) is 5.60. The van der Waals surface area contributed by atoms with Crippen LogP contribution in [0.3, 0.4) is 0 Å². The van der Waals surface area contributed by atoms with E-state index in [0.717, 1.165) is 16.3 Å². The molecule has 2 aromatic rings. The van der Waals surface area contributed by atoms with E-state index in [1.165, 1.54) is 0 Å². The number of hydrogen-bond donors (Lipinski definition) is 1. The molecule has 2 heteroatoms. The Labute approximate surface area is 116 Å². The lowest BCUT2D eigenvalue weighted by molar-refractivity contribution is 0.185. The van der Waals surface area contributed by atoms with Gasteiger partial charge < -0.3 is 5.11 Å². The molecule has 0 radical (unpaired) electrons. The van der Waals surface area contributed by atoms with Crippen LogP contribution in [-0.4, -0.2) is 13.2 Å². The van der Waals surface area contributed by atoms with E-state index in [1.54, 1.807) is 0 Å². The van der Waals surface area contributed by atoms with Gasteiger partial charge in [0.25, 0.3) is 0 Å². The Morgan fingerprint density at radius 3 is 2.47 bits per heavy atom. The highest BCUT2D eigenvalue weighted by Gasteiger charge is 2.11. The van der Waals surface area contributed by atoms with Gasteiger partial charge in [-0.25, -0.2) is 0 Å². The Balaban J connectivity index is 2.26. The lowest BCUT2D eigenvalue weighted by Gasteiger charge is -2.11. The van der Waals surface area contributed by atoms with Gasteiger partial charge in [0.05, 0.1) is 6.10 Å². The first-order valence-corrected chi connectivity index (χ1v) is 10.1. The molecule has 1 N–H and O–H groups in total. The fourth-order valence-corrected chi connectivity index (χ4v) is 2.70. The zero-order valence-corrected chi connectivity index (χ0v) is 12.8. The number of hydrogen-bond acceptors (Lipinski definition) is 1.